The third-order valence-electron chi connectivity index (χ3n) is 3.03. The summed E-state index contributed by atoms with van der Waals surface area (Å²) < 4.78 is 11.8. The van der Waals surface area contributed by atoms with E-state index in [0.717, 1.165) is 21.3 Å². The van der Waals surface area contributed by atoms with Gasteiger partial charge in [-0.05, 0) is 48.4 Å². The minimum atomic E-state index is -1.01. The van der Waals surface area contributed by atoms with Crippen LogP contribution in [-0.2, 0) is 6.61 Å². The van der Waals surface area contributed by atoms with E-state index in [2.05, 4.69) is 15.9 Å². The Labute approximate surface area is 131 Å². The number of carboxylic acids is 1. The summed E-state index contributed by atoms with van der Waals surface area (Å²) in [5, 5.41) is 9.04. The fourth-order valence-electron chi connectivity index (χ4n) is 1.88. The van der Waals surface area contributed by atoms with Crippen molar-refractivity contribution >= 4 is 21.9 Å². The molecule has 0 aliphatic carbocycles. The van der Waals surface area contributed by atoms with Crippen LogP contribution >= 0.6 is 15.9 Å². The summed E-state index contributed by atoms with van der Waals surface area (Å²) in [5.74, 6) is 0.0791. The third-order valence-corrected chi connectivity index (χ3v) is 3.92. The number of aryl methyl sites for hydroxylation is 1. The molecule has 0 saturated heterocycles. The quantitative estimate of drug-likeness (QED) is 0.883. The van der Waals surface area contributed by atoms with Crippen molar-refractivity contribution in [2.24, 2.45) is 0 Å². The van der Waals surface area contributed by atoms with Gasteiger partial charge in [-0.3, -0.25) is 0 Å². The van der Waals surface area contributed by atoms with Gasteiger partial charge in [0.25, 0.3) is 0 Å². The molecule has 0 heterocycles. The average Bonchev–Trinajstić information content (AvgIpc) is 2.48. The number of rotatable bonds is 5. The van der Waals surface area contributed by atoms with Crippen LogP contribution in [0.2, 0.25) is 0 Å². The van der Waals surface area contributed by atoms with Gasteiger partial charge >= 0.3 is 5.97 Å². The second-order valence-electron chi connectivity index (χ2n) is 4.54. The number of benzene rings is 2. The summed E-state index contributed by atoms with van der Waals surface area (Å²) in [6, 6.07) is 10.7. The number of halogens is 1. The number of carboxylic acid groups (broad SMARTS) is 1. The Balaban J connectivity index is 2.13. The Morgan fingerprint density at radius 1 is 1.24 bits per heavy atom. The Morgan fingerprint density at radius 2 is 2.00 bits per heavy atom. The molecule has 0 radical (unpaired) electrons. The summed E-state index contributed by atoms with van der Waals surface area (Å²) in [7, 11) is 1.45. The SMILES string of the molecule is COc1cc(COc2ccc(Br)c(C)c2)ccc1C(=O)O. The highest BCUT2D eigenvalue weighted by molar-refractivity contribution is 9.10. The highest BCUT2D eigenvalue weighted by atomic mass is 79.9. The van der Waals surface area contributed by atoms with Gasteiger partial charge in [-0.1, -0.05) is 22.0 Å². The maximum absolute atomic E-state index is 11.0. The van der Waals surface area contributed by atoms with Crippen molar-refractivity contribution in [2.75, 3.05) is 7.11 Å². The van der Waals surface area contributed by atoms with Crippen molar-refractivity contribution in [1.82, 2.24) is 0 Å². The number of aromatic carboxylic acids is 1. The fourth-order valence-corrected chi connectivity index (χ4v) is 2.12. The molecule has 0 fully saturated rings. The van der Waals surface area contributed by atoms with E-state index in [1.54, 1.807) is 12.1 Å². The van der Waals surface area contributed by atoms with Crippen LogP contribution in [0.15, 0.2) is 40.9 Å². The zero-order chi connectivity index (χ0) is 15.4. The first-order chi connectivity index (χ1) is 10.0. The van der Waals surface area contributed by atoms with Gasteiger partial charge in [0.2, 0.25) is 0 Å². The summed E-state index contributed by atoms with van der Waals surface area (Å²) in [6.07, 6.45) is 0. The van der Waals surface area contributed by atoms with Crippen molar-refractivity contribution in [3.8, 4) is 11.5 Å². The van der Waals surface area contributed by atoms with E-state index >= 15 is 0 Å². The highest BCUT2D eigenvalue weighted by Crippen LogP contribution is 2.24. The number of ether oxygens (including phenoxy) is 2. The normalized spacial score (nSPS) is 10.2. The highest BCUT2D eigenvalue weighted by Gasteiger charge is 2.11. The van der Waals surface area contributed by atoms with Gasteiger partial charge in [-0.25, -0.2) is 4.79 Å². The lowest BCUT2D eigenvalue weighted by Crippen LogP contribution is -2.02. The molecule has 5 heteroatoms. The Kier molecular flexibility index (Phi) is 4.85. The molecule has 0 spiro atoms. The van der Waals surface area contributed by atoms with E-state index in [0.29, 0.717) is 12.4 Å². The summed E-state index contributed by atoms with van der Waals surface area (Å²) in [6.45, 7) is 2.33. The van der Waals surface area contributed by atoms with Gasteiger partial charge in [0.1, 0.15) is 23.7 Å². The van der Waals surface area contributed by atoms with Crippen LogP contribution in [0.5, 0.6) is 11.5 Å². The zero-order valence-electron chi connectivity index (χ0n) is 11.7. The third kappa shape index (κ3) is 3.76. The monoisotopic (exact) mass is 350 g/mol. The lowest BCUT2D eigenvalue weighted by molar-refractivity contribution is 0.0693. The first-order valence-corrected chi connectivity index (χ1v) is 7.09. The average molecular weight is 351 g/mol. The molecule has 21 heavy (non-hydrogen) atoms. The standard InChI is InChI=1S/C16H15BrO4/c1-10-7-12(4-6-14(10)17)21-9-11-3-5-13(16(18)19)15(8-11)20-2/h3-8H,9H2,1-2H3,(H,18,19). The Bertz CT molecular complexity index is 667. The van der Waals surface area contributed by atoms with Crippen molar-refractivity contribution in [3.05, 3.63) is 57.6 Å². The summed E-state index contributed by atoms with van der Waals surface area (Å²) in [4.78, 5) is 11.0. The van der Waals surface area contributed by atoms with Crippen LogP contribution in [0.4, 0.5) is 0 Å². The molecule has 2 rings (SSSR count). The van der Waals surface area contributed by atoms with Crippen LogP contribution in [0.3, 0.4) is 0 Å². The van der Waals surface area contributed by atoms with Gasteiger partial charge in [0, 0.05) is 4.47 Å². The van der Waals surface area contributed by atoms with Gasteiger partial charge in [-0.2, -0.15) is 0 Å². The topological polar surface area (TPSA) is 55.8 Å². The molecule has 0 amide bonds. The molecule has 0 aliphatic heterocycles. The number of hydrogen-bond donors (Lipinski definition) is 1. The molecule has 2 aromatic rings. The van der Waals surface area contributed by atoms with E-state index in [1.165, 1.54) is 13.2 Å². The molecule has 110 valence electrons. The van der Waals surface area contributed by atoms with Gasteiger partial charge in [-0.15, -0.1) is 0 Å². The zero-order valence-corrected chi connectivity index (χ0v) is 13.3. The van der Waals surface area contributed by atoms with Crippen LogP contribution < -0.4 is 9.47 Å². The molecule has 0 bridgehead atoms. The van der Waals surface area contributed by atoms with Crippen LogP contribution in [0, 0.1) is 6.92 Å². The summed E-state index contributed by atoms with van der Waals surface area (Å²) >= 11 is 3.44. The minimum Gasteiger partial charge on any atom is -0.496 e. The molecular weight excluding hydrogens is 336 g/mol. The van der Waals surface area contributed by atoms with Crippen LogP contribution in [-0.4, -0.2) is 18.2 Å². The molecule has 4 nitrogen and oxygen atoms in total. The number of methoxy groups -OCH3 is 1. The smallest absolute Gasteiger partial charge is 0.339 e. The number of hydrogen-bond acceptors (Lipinski definition) is 3. The van der Waals surface area contributed by atoms with Crippen LogP contribution in [0.1, 0.15) is 21.5 Å². The van der Waals surface area contributed by atoms with E-state index in [1.807, 2.05) is 25.1 Å². The molecule has 0 saturated carbocycles. The lowest BCUT2D eigenvalue weighted by Gasteiger charge is -2.10. The van der Waals surface area contributed by atoms with E-state index in [-0.39, 0.29) is 5.56 Å². The largest absolute Gasteiger partial charge is 0.496 e. The lowest BCUT2D eigenvalue weighted by atomic mass is 10.1. The maximum Gasteiger partial charge on any atom is 0.339 e. The van der Waals surface area contributed by atoms with Crippen molar-refractivity contribution in [3.63, 3.8) is 0 Å². The molecule has 0 aromatic heterocycles. The van der Waals surface area contributed by atoms with E-state index < -0.39 is 5.97 Å². The van der Waals surface area contributed by atoms with Gasteiger partial charge in [0.15, 0.2) is 0 Å². The molecule has 0 unspecified atom stereocenters. The first kappa shape index (κ1) is 15.4. The maximum atomic E-state index is 11.0. The van der Waals surface area contributed by atoms with Crippen molar-refractivity contribution in [1.29, 1.82) is 0 Å². The van der Waals surface area contributed by atoms with Crippen LogP contribution in [0.25, 0.3) is 0 Å². The molecule has 2 aromatic carbocycles. The van der Waals surface area contributed by atoms with Gasteiger partial charge in [0.05, 0.1) is 7.11 Å². The van der Waals surface area contributed by atoms with Crippen molar-refractivity contribution in [2.45, 2.75) is 13.5 Å². The van der Waals surface area contributed by atoms with E-state index in [4.69, 9.17) is 14.6 Å². The Morgan fingerprint density at radius 3 is 2.62 bits per heavy atom. The van der Waals surface area contributed by atoms with E-state index in [9.17, 15) is 4.79 Å². The number of carbonyl (C=O) groups is 1. The molecular formula is C16H15BrO4. The minimum absolute atomic E-state index is 0.140. The Hall–Kier alpha value is -2.01. The first-order valence-electron chi connectivity index (χ1n) is 6.30. The second kappa shape index (κ2) is 6.63. The summed E-state index contributed by atoms with van der Waals surface area (Å²) in [5.41, 5.74) is 2.07. The van der Waals surface area contributed by atoms with Crippen molar-refractivity contribution < 1.29 is 19.4 Å². The molecule has 0 aliphatic rings. The molecule has 1 N–H and O–H groups in total. The molecule has 0 atom stereocenters. The van der Waals surface area contributed by atoms with Gasteiger partial charge < -0.3 is 14.6 Å². The predicted molar refractivity (Wildman–Crippen MR) is 83.2 cm³/mol. The second-order valence-corrected chi connectivity index (χ2v) is 5.39. The fraction of sp³-hybridized carbons (Fsp3) is 0.188. The predicted octanol–water partition coefficient (Wildman–Crippen LogP) is 4.04.